The molecule has 0 fully saturated rings. The van der Waals surface area contributed by atoms with Crippen LogP contribution in [0.1, 0.15) is 20.7 Å². The Morgan fingerprint density at radius 3 is 2.11 bits per heavy atom. The molecule has 28 heavy (non-hydrogen) atoms. The predicted octanol–water partition coefficient (Wildman–Crippen LogP) is 0.567. The number of nitrogens with zero attached hydrogens (tertiary/aromatic N) is 1. The minimum atomic E-state index is -4.57. The molecule has 3 N–H and O–H groups in total. The Morgan fingerprint density at radius 1 is 0.821 bits per heavy atom. The number of carbonyl (C=O) groups excluding carboxylic acids is 2. The molecule has 4 rings (SSSR count). The van der Waals surface area contributed by atoms with Gasteiger partial charge in [-0.05, 0) is 24.3 Å². The Morgan fingerprint density at radius 2 is 1.46 bits per heavy atom. The second-order valence-electron chi connectivity index (χ2n) is 6.19. The smallest absolute Gasteiger partial charge is 0.423 e. The van der Waals surface area contributed by atoms with Gasteiger partial charge in [0.15, 0.2) is 0 Å². The van der Waals surface area contributed by atoms with Gasteiger partial charge in [0.2, 0.25) is 0 Å². The van der Waals surface area contributed by atoms with Crippen molar-refractivity contribution in [3.05, 3.63) is 65.7 Å². The van der Waals surface area contributed by atoms with Crippen molar-refractivity contribution in [2.75, 3.05) is 4.90 Å². The highest BCUT2D eigenvalue weighted by Crippen LogP contribution is 2.35. The van der Waals surface area contributed by atoms with E-state index < -0.39 is 33.9 Å². The number of imide groups is 1. The van der Waals surface area contributed by atoms with E-state index in [-0.39, 0.29) is 33.0 Å². The second kappa shape index (κ2) is 6.25. The summed E-state index contributed by atoms with van der Waals surface area (Å²) in [5, 5.41) is 19.4. The molecule has 1 aliphatic heterocycles. The van der Waals surface area contributed by atoms with Crippen LogP contribution in [-0.4, -0.2) is 42.0 Å². The van der Waals surface area contributed by atoms with Crippen LogP contribution in [0.25, 0.3) is 10.8 Å². The first-order valence-corrected chi connectivity index (χ1v) is 9.53. The average molecular weight is 397 g/mol. The fourth-order valence-electron chi connectivity index (χ4n) is 3.42. The summed E-state index contributed by atoms with van der Waals surface area (Å²) in [5.41, 5.74) is 0.0862. The Bertz CT molecular complexity index is 1250. The van der Waals surface area contributed by atoms with Gasteiger partial charge in [0.25, 0.3) is 21.9 Å². The molecule has 0 atom stereocenters. The van der Waals surface area contributed by atoms with Gasteiger partial charge in [-0.25, -0.2) is 4.90 Å². The Balaban J connectivity index is 2.02. The van der Waals surface area contributed by atoms with Crippen molar-refractivity contribution in [1.82, 2.24) is 0 Å². The van der Waals surface area contributed by atoms with Gasteiger partial charge in [-0.2, -0.15) is 8.42 Å². The fourth-order valence-corrected chi connectivity index (χ4v) is 4.11. The van der Waals surface area contributed by atoms with Crippen LogP contribution in [0.5, 0.6) is 0 Å². The lowest BCUT2D eigenvalue weighted by Crippen LogP contribution is -2.45. The molecule has 0 aromatic heterocycles. The zero-order valence-electron chi connectivity index (χ0n) is 14.1. The Labute approximate surface area is 159 Å². The number of carbonyl (C=O) groups is 2. The van der Waals surface area contributed by atoms with Crippen LogP contribution < -0.4 is 10.4 Å². The number of anilines is 1. The van der Waals surface area contributed by atoms with Crippen LogP contribution >= 0.6 is 0 Å². The van der Waals surface area contributed by atoms with E-state index in [9.17, 15) is 32.6 Å². The summed E-state index contributed by atoms with van der Waals surface area (Å²) in [6, 6.07) is 12.4. The third kappa shape index (κ3) is 2.62. The molecular formula is C18H12BNO7S. The van der Waals surface area contributed by atoms with Crippen LogP contribution in [0.3, 0.4) is 0 Å². The molecule has 10 heteroatoms. The van der Waals surface area contributed by atoms with E-state index in [1.165, 1.54) is 42.5 Å². The van der Waals surface area contributed by atoms with Crippen LogP contribution in [-0.2, 0) is 10.1 Å². The van der Waals surface area contributed by atoms with Gasteiger partial charge < -0.3 is 10.0 Å². The Hall–Kier alpha value is -3.05. The summed E-state index contributed by atoms with van der Waals surface area (Å²) in [6.07, 6.45) is 0. The van der Waals surface area contributed by atoms with Crippen LogP contribution in [0.4, 0.5) is 5.69 Å². The highest BCUT2D eigenvalue weighted by molar-refractivity contribution is 7.86. The molecule has 0 radical (unpaired) electrons. The standard InChI is InChI=1S/C18H12BNO7S/c21-17-11-5-3-4-10-15(28(25,26)27)9-8-12(16(10)11)18(22)20(17)14-7-2-1-6-13(14)19(23)24/h1-9,23-24H,(H,25,26,27). The van der Waals surface area contributed by atoms with Crippen molar-refractivity contribution >= 4 is 51.0 Å². The number of hydrogen-bond donors (Lipinski definition) is 3. The molecule has 3 aromatic rings. The minimum Gasteiger partial charge on any atom is -0.423 e. The van der Waals surface area contributed by atoms with Crippen LogP contribution in [0, 0.1) is 0 Å². The first kappa shape index (κ1) is 18.3. The summed E-state index contributed by atoms with van der Waals surface area (Å²) < 4.78 is 32.8. The molecule has 0 saturated heterocycles. The van der Waals surface area contributed by atoms with Crippen molar-refractivity contribution < 1.29 is 32.6 Å². The van der Waals surface area contributed by atoms with E-state index in [1.807, 2.05) is 0 Å². The fraction of sp³-hybridized carbons (Fsp3) is 0. The molecule has 140 valence electrons. The zero-order valence-corrected chi connectivity index (χ0v) is 14.9. The average Bonchev–Trinajstić information content (AvgIpc) is 2.65. The normalized spacial score (nSPS) is 13.9. The maximum Gasteiger partial charge on any atom is 0.490 e. The van der Waals surface area contributed by atoms with Crippen molar-refractivity contribution in [3.8, 4) is 0 Å². The molecule has 3 aromatic carbocycles. The number of amides is 2. The number of rotatable bonds is 3. The lowest BCUT2D eigenvalue weighted by molar-refractivity contribution is 0.0893. The van der Waals surface area contributed by atoms with Gasteiger partial charge in [0.05, 0.1) is 5.69 Å². The van der Waals surface area contributed by atoms with E-state index in [4.69, 9.17) is 0 Å². The molecule has 0 unspecified atom stereocenters. The minimum absolute atomic E-state index is 0.00834. The zero-order chi connectivity index (χ0) is 20.2. The third-order valence-corrected chi connectivity index (χ3v) is 5.51. The predicted molar refractivity (Wildman–Crippen MR) is 101 cm³/mol. The molecule has 0 aliphatic carbocycles. The first-order chi connectivity index (χ1) is 13.2. The summed E-state index contributed by atoms with van der Waals surface area (Å²) >= 11 is 0. The summed E-state index contributed by atoms with van der Waals surface area (Å²) in [5.74, 6) is -1.49. The lowest BCUT2D eigenvalue weighted by atomic mass is 9.78. The molecular weight excluding hydrogens is 385 g/mol. The number of benzene rings is 3. The number of para-hydroxylation sites is 1. The van der Waals surface area contributed by atoms with E-state index in [0.717, 1.165) is 11.0 Å². The first-order valence-electron chi connectivity index (χ1n) is 8.09. The van der Waals surface area contributed by atoms with Gasteiger partial charge in [-0.15, -0.1) is 0 Å². The SMILES string of the molecule is O=C1c2cccc3c(S(=O)(=O)O)ccc(c23)C(=O)N1c1ccccc1B(O)O. The largest absolute Gasteiger partial charge is 0.490 e. The van der Waals surface area contributed by atoms with Gasteiger partial charge in [0.1, 0.15) is 4.90 Å². The molecule has 2 amide bonds. The third-order valence-electron chi connectivity index (χ3n) is 4.60. The van der Waals surface area contributed by atoms with Crippen LogP contribution in [0.2, 0.25) is 0 Å². The Kier molecular flexibility index (Phi) is 4.09. The van der Waals surface area contributed by atoms with Gasteiger partial charge in [-0.3, -0.25) is 14.1 Å². The quantitative estimate of drug-likeness (QED) is 0.334. The molecule has 1 heterocycles. The van der Waals surface area contributed by atoms with E-state index >= 15 is 0 Å². The van der Waals surface area contributed by atoms with Gasteiger partial charge in [0, 0.05) is 27.4 Å². The van der Waals surface area contributed by atoms with Crippen molar-refractivity contribution in [2.45, 2.75) is 4.90 Å². The summed E-state index contributed by atoms with van der Waals surface area (Å²) in [7, 11) is -6.47. The highest BCUT2D eigenvalue weighted by Gasteiger charge is 2.37. The van der Waals surface area contributed by atoms with Crippen molar-refractivity contribution in [3.63, 3.8) is 0 Å². The summed E-state index contributed by atoms with van der Waals surface area (Å²) in [4.78, 5) is 26.6. The van der Waals surface area contributed by atoms with Gasteiger partial charge in [-0.1, -0.05) is 30.3 Å². The summed E-state index contributed by atoms with van der Waals surface area (Å²) in [6.45, 7) is 0. The lowest BCUT2D eigenvalue weighted by Gasteiger charge is -2.29. The molecule has 8 nitrogen and oxygen atoms in total. The highest BCUT2D eigenvalue weighted by atomic mass is 32.2. The van der Waals surface area contributed by atoms with E-state index in [1.54, 1.807) is 6.07 Å². The molecule has 0 spiro atoms. The van der Waals surface area contributed by atoms with Gasteiger partial charge >= 0.3 is 7.12 Å². The topological polar surface area (TPSA) is 132 Å². The molecule has 0 bridgehead atoms. The monoisotopic (exact) mass is 397 g/mol. The van der Waals surface area contributed by atoms with Crippen molar-refractivity contribution in [1.29, 1.82) is 0 Å². The maximum absolute atomic E-state index is 13.1. The van der Waals surface area contributed by atoms with E-state index in [2.05, 4.69) is 0 Å². The van der Waals surface area contributed by atoms with Crippen LogP contribution in [0.15, 0.2) is 59.5 Å². The second-order valence-corrected chi connectivity index (χ2v) is 7.58. The van der Waals surface area contributed by atoms with Crippen molar-refractivity contribution in [2.24, 2.45) is 0 Å². The number of hydrogen-bond acceptors (Lipinski definition) is 6. The molecule has 1 aliphatic rings. The molecule has 0 saturated carbocycles. The maximum atomic E-state index is 13.1. The van der Waals surface area contributed by atoms with E-state index in [0.29, 0.717) is 0 Å².